The van der Waals surface area contributed by atoms with Gasteiger partial charge in [0.15, 0.2) is 0 Å². The molecule has 0 aromatic rings. The average molecular weight is 279 g/mol. The Morgan fingerprint density at radius 1 is 1.00 bits per heavy atom. The number of hydrogen-bond donors (Lipinski definition) is 2. The van der Waals surface area contributed by atoms with Crippen LogP contribution in [0.3, 0.4) is 0 Å². The van der Waals surface area contributed by atoms with Gasteiger partial charge >= 0.3 is 0 Å². The lowest BCUT2D eigenvalue weighted by molar-refractivity contribution is -0.129. The SMILES string of the molecule is O=C(CC12CC3CC(CC(C3)C1)C2)NCCCCCO. The summed E-state index contributed by atoms with van der Waals surface area (Å²) in [6.07, 6.45) is 11.9. The van der Waals surface area contributed by atoms with Crippen LogP contribution in [-0.2, 0) is 4.79 Å². The maximum absolute atomic E-state index is 12.2. The van der Waals surface area contributed by atoms with Gasteiger partial charge < -0.3 is 10.4 Å². The van der Waals surface area contributed by atoms with Gasteiger partial charge in [0.1, 0.15) is 0 Å². The van der Waals surface area contributed by atoms with E-state index in [1.165, 1.54) is 38.5 Å². The summed E-state index contributed by atoms with van der Waals surface area (Å²) in [5.74, 6) is 3.06. The topological polar surface area (TPSA) is 49.3 Å². The average Bonchev–Trinajstić information content (AvgIpc) is 2.36. The summed E-state index contributed by atoms with van der Waals surface area (Å²) >= 11 is 0. The summed E-state index contributed by atoms with van der Waals surface area (Å²) in [6.45, 7) is 1.05. The van der Waals surface area contributed by atoms with Crippen molar-refractivity contribution in [1.29, 1.82) is 0 Å². The number of rotatable bonds is 7. The zero-order chi connectivity index (χ0) is 14.0. The largest absolute Gasteiger partial charge is 0.396 e. The lowest BCUT2D eigenvalue weighted by atomic mass is 9.49. The van der Waals surface area contributed by atoms with E-state index in [1.54, 1.807) is 0 Å². The molecule has 4 aliphatic rings. The lowest BCUT2D eigenvalue weighted by Gasteiger charge is -2.56. The van der Waals surface area contributed by atoms with E-state index >= 15 is 0 Å². The monoisotopic (exact) mass is 279 g/mol. The molecule has 3 nitrogen and oxygen atoms in total. The van der Waals surface area contributed by atoms with Crippen LogP contribution < -0.4 is 5.32 Å². The van der Waals surface area contributed by atoms with Crippen LogP contribution in [0, 0.1) is 23.2 Å². The predicted octanol–water partition coefficient (Wildman–Crippen LogP) is 2.87. The molecule has 3 heteroatoms. The number of nitrogens with one attached hydrogen (secondary N) is 1. The summed E-state index contributed by atoms with van der Waals surface area (Å²) in [6, 6.07) is 0. The Balaban J connectivity index is 1.44. The molecule has 0 heterocycles. The van der Waals surface area contributed by atoms with Crippen molar-refractivity contribution >= 4 is 5.91 Å². The molecule has 0 atom stereocenters. The Morgan fingerprint density at radius 2 is 1.60 bits per heavy atom. The highest BCUT2D eigenvalue weighted by Gasteiger charge is 2.51. The fourth-order valence-electron chi connectivity index (χ4n) is 5.55. The molecule has 4 fully saturated rings. The third-order valence-electron chi connectivity index (χ3n) is 5.86. The second-order valence-corrected chi connectivity index (χ2v) is 7.73. The molecule has 1 amide bonds. The van der Waals surface area contributed by atoms with Crippen molar-refractivity contribution in [1.82, 2.24) is 5.32 Å². The second-order valence-electron chi connectivity index (χ2n) is 7.73. The van der Waals surface area contributed by atoms with Gasteiger partial charge in [-0.2, -0.15) is 0 Å². The second kappa shape index (κ2) is 6.05. The number of hydrogen-bond acceptors (Lipinski definition) is 2. The van der Waals surface area contributed by atoms with Gasteiger partial charge in [-0.25, -0.2) is 0 Å². The molecule has 0 spiro atoms. The molecule has 0 radical (unpaired) electrons. The van der Waals surface area contributed by atoms with Crippen LogP contribution in [-0.4, -0.2) is 24.2 Å². The molecular weight excluding hydrogens is 250 g/mol. The fraction of sp³-hybridized carbons (Fsp3) is 0.941. The van der Waals surface area contributed by atoms with Gasteiger partial charge in [0.25, 0.3) is 0 Å². The molecule has 4 bridgehead atoms. The van der Waals surface area contributed by atoms with E-state index in [0.717, 1.165) is 50.0 Å². The molecule has 114 valence electrons. The number of aliphatic hydroxyl groups excluding tert-OH is 1. The standard InChI is InChI=1S/C17H29NO2/c19-5-3-1-2-4-18-16(20)12-17-9-13-6-14(10-17)8-15(7-13)11-17/h13-15,19H,1-12H2,(H,18,20). The smallest absolute Gasteiger partial charge is 0.220 e. The molecule has 20 heavy (non-hydrogen) atoms. The molecule has 0 unspecified atom stereocenters. The van der Waals surface area contributed by atoms with Crippen LogP contribution in [0.4, 0.5) is 0 Å². The van der Waals surface area contributed by atoms with E-state index in [4.69, 9.17) is 5.11 Å². The maximum Gasteiger partial charge on any atom is 0.220 e. The molecule has 2 N–H and O–H groups in total. The molecule has 4 rings (SSSR count). The number of carbonyl (C=O) groups excluding carboxylic acids is 1. The van der Waals surface area contributed by atoms with E-state index < -0.39 is 0 Å². The molecule has 0 aromatic heterocycles. The number of aliphatic hydroxyl groups is 1. The normalized spacial score (nSPS) is 38.1. The minimum Gasteiger partial charge on any atom is -0.396 e. The first-order valence-corrected chi connectivity index (χ1v) is 8.57. The summed E-state index contributed by atoms with van der Waals surface area (Å²) in [5.41, 5.74) is 0.365. The molecular formula is C17H29NO2. The van der Waals surface area contributed by atoms with Crippen LogP contribution in [0.15, 0.2) is 0 Å². The highest BCUT2D eigenvalue weighted by Crippen LogP contribution is 2.61. The molecule has 4 saturated carbocycles. The number of carbonyl (C=O) groups is 1. The van der Waals surface area contributed by atoms with Crippen LogP contribution in [0.2, 0.25) is 0 Å². The van der Waals surface area contributed by atoms with Gasteiger partial charge in [0.05, 0.1) is 0 Å². The van der Waals surface area contributed by atoms with Gasteiger partial charge in [0.2, 0.25) is 5.91 Å². The molecule has 4 aliphatic carbocycles. The fourth-order valence-corrected chi connectivity index (χ4v) is 5.55. The van der Waals surface area contributed by atoms with Gasteiger partial charge in [-0.3, -0.25) is 4.79 Å². The minimum atomic E-state index is 0.265. The van der Waals surface area contributed by atoms with Crippen LogP contribution in [0.5, 0.6) is 0 Å². The van der Waals surface area contributed by atoms with Crippen molar-refractivity contribution in [2.75, 3.05) is 13.2 Å². The summed E-state index contributed by atoms with van der Waals surface area (Å²) in [4.78, 5) is 12.2. The van der Waals surface area contributed by atoms with Crippen LogP contribution in [0.25, 0.3) is 0 Å². The van der Waals surface area contributed by atoms with Crippen molar-refractivity contribution in [2.45, 2.75) is 64.2 Å². The number of unbranched alkanes of at least 4 members (excludes halogenated alkanes) is 2. The lowest BCUT2D eigenvalue weighted by Crippen LogP contribution is -2.48. The Morgan fingerprint density at radius 3 is 2.15 bits per heavy atom. The van der Waals surface area contributed by atoms with Gasteiger partial charge in [-0.1, -0.05) is 0 Å². The van der Waals surface area contributed by atoms with Crippen molar-refractivity contribution in [3.05, 3.63) is 0 Å². The quantitative estimate of drug-likeness (QED) is 0.704. The Hall–Kier alpha value is -0.570. The van der Waals surface area contributed by atoms with Gasteiger partial charge in [0, 0.05) is 19.6 Å². The highest BCUT2D eigenvalue weighted by molar-refractivity contribution is 5.76. The summed E-state index contributed by atoms with van der Waals surface area (Å²) in [5, 5.41) is 11.8. The van der Waals surface area contributed by atoms with Crippen molar-refractivity contribution in [3.63, 3.8) is 0 Å². The Labute approximate surface area is 122 Å². The zero-order valence-electron chi connectivity index (χ0n) is 12.6. The van der Waals surface area contributed by atoms with E-state index in [-0.39, 0.29) is 12.5 Å². The van der Waals surface area contributed by atoms with Crippen molar-refractivity contribution < 1.29 is 9.90 Å². The summed E-state index contributed by atoms with van der Waals surface area (Å²) in [7, 11) is 0. The van der Waals surface area contributed by atoms with Crippen LogP contribution in [0.1, 0.15) is 64.2 Å². The first-order chi connectivity index (χ1) is 9.69. The predicted molar refractivity (Wildman–Crippen MR) is 79.2 cm³/mol. The minimum absolute atomic E-state index is 0.265. The van der Waals surface area contributed by atoms with Gasteiger partial charge in [-0.05, 0) is 81.0 Å². The Kier molecular flexibility index (Phi) is 4.34. The molecule has 0 aliphatic heterocycles. The van der Waals surface area contributed by atoms with E-state index in [2.05, 4.69) is 5.32 Å². The third-order valence-corrected chi connectivity index (χ3v) is 5.86. The van der Waals surface area contributed by atoms with E-state index in [0.29, 0.717) is 5.41 Å². The van der Waals surface area contributed by atoms with Crippen molar-refractivity contribution in [2.24, 2.45) is 23.2 Å². The zero-order valence-corrected chi connectivity index (χ0v) is 12.6. The first kappa shape index (κ1) is 14.4. The van der Waals surface area contributed by atoms with E-state index in [9.17, 15) is 4.79 Å². The first-order valence-electron chi connectivity index (χ1n) is 8.57. The van der Waals surface area contributed by atoms with Crippen molar-refractivity contribution in [3.8, 4) is 0 Å². The highest BCUT2D eigenvalue weighted by atomic mass is 16.2. The number of amides is 1. The third kappa shape index (κ3) is 3.19. The van der Waals surface area contributed by atoms with Crippen LogP contribution >= 0.6 is 0 Å². The summed E-state index contributed by atoms with van der Waals surface area (Å²) < 4.78 is 0. The molecule has 0 aromatic carbocycles. The molecule has 0 saturated heterocycles. The van der Waals surface area contributed by atoms with E-state index in [1.807, 2.05) is 0 Å². The van der Waals surface area contributed by atoms with Gasteiger partial charge in [-0.15, -0.1) is 0 Å². The Bertz CT molecular complexity index is 318. The maximum atomic E-state index is 12.2.